The van der Waals surface area contributed by atoms with Crippen LogP contribution >= 0.6 is 23.2 Å². The fraction of sp³-hybridized carbons (Fsp3) is 0.176. The van der Waals surface area contributed by atoms with Gasteiger partial charge in [0.25, 0.3) is 11.6 Å². The lowest BCUT2D eigenvalue weighted by atomic mass is 10.1. The molecule has 0 bridgehead atoms. The molecule has 1 atom stereocenters. The Morgan fingerprint density at radius 1 is 1.19 bits per heavy atom. The summed E-state index contributed by atoms with van der Waals surface area (Å²) in [4.78, 5) is 34.2. The Morgan fingerprint density at radius 2 is 1.88 bits per heavy atom. The Kier molecular flexibility index (Phi) is 6.54. The second-order valence-corrected chi connectivity index (χ2v) is 6.21. The topological polar surface area (TPSA) is 98.5 Å². The summed E-state index contributed by atoms with van der Waals surface area (Å²) in [7, 11) is 0. The van der Waals surface area contributed by atoms with Gasteiger partial charge in [-0.05, 0) is 36.8 Å². The number of rotatable bonds is 6. The monoisotopic (exact) mass is 396 g/mol. The molecular weight excluding hydrogens is 383 g/mol. The van der Waals surface area contributed by atoms with Crippen molar-refractivity contribution in [2.75, 3.05) is 6.61 Å². The van der Waals surface area contributed by atoms with Crippen molar-refractivity contribution in [1.82, 2.24) is 5.32 Å². The van der Waals surface area contributed by atoms with Crippen LogP contribution < -0.4 is 5.32 Å². The van der Waals surface area contributed by atoms with Crippen LogP contribution in [0.4, 0.5) is 5.69 Å². The largest absolute Gasteiger partial charge is 0.452 e. The molecule has 0 aliphatic heterocycles. The SMILES string of the molecule is C[C@@H](NC(=O)COC(=O)c1ccc(Cl)cc1[N+](=O)[O-])c1cccc(Cl)c1. The molecule has 1 N–H and O–H groups in total. The van der Waals surface area contributed by atoms with Gasteiger partial charge in [-0.15, -0.1) is 0 Å². The lowest BCUT2D eigenvalue weighted by Gasteiger charge is -2.14. The normalized spacial score (nSPS) is 11.5. The summed E-state index contributed by atoms with van der Waals surface area (Å²) in [5.74, 6) is -1.54. The summed E-state index contributed by atoms with van der Waals surface area (Å²) in [6.07, 6.45) is 0. The van der Waals surface area contributed by atoms with Gasteiger partial charge in [-0.1, -0.05) is 35.3 Å². The van der Waals surface area contributed by atoms with Crippen LogP contribution in [-0.2, 0) is 9.53 Å². The number of carbonyl (C=O) groups is 2. The van der Waals surface area contributed by atoms with Gasteiger partial charge in [-0.2, -0.15) is 0 Å². The van der Waals surface area contributed by atoms with E-state index in [9.17, 15) is 19.7 Å². The third-order valence-corrected chi connectivity index (χ3v) is 3.91. The third kappa shape index (κ3) is 5.18. The Labute approximate surface area is 159 Å². The average Bonchev–Trinajstić information content (AvgIpc) is 2.59. The van der Waals surface area contributed by atoms with E-state index in [-0.39, 0.29) is 16.6 Å². The van der Waals surface area contributed by atoms with Crippen LogP contribution in [0.1, 0.15) is 28.9 Å². The third-order valence-electron chi connectivity index (χ3n) is 3.44. The highest BCUT2D eigenvalue weighted by molar-refractivity contribution is 6.31. The minimum absolute atomic E-state index is 0.112. The van der Waals surface area contributed by atoms with Crippen molar-refractivity contribution in [2.45, 2.75) is 13.0 Å². The van der Waals surface area contributed by atoms with Crippen LogP contribution in [0.2, 0.25) is 10.0 Å². The van der Waals surface area contributed by atoms with Crippen LogP contribution in [-0.4, -0.2) is 23.4 Å². The highest BCUT2D eigenvalue weighted by Crippen LogP contribution is 2.24. The summed E-state index contributed by atoms with van der Waals surface area (Å²) in [5.41, 5.74) is 0.0100. The van der Waals surface area contributed by atoms with Gasteiger partial charge in [0.15, 0.2) is 6.61 Å². The first-order valence-corrected chi connectivity index (χ1v) is 8.19. The number of nitrogens with zero attached hydrogens (tertiary/aromatic N) is 1. The maximum Gasteiger partial charge on any atom is 0.345 e. The minimum Gasteiger partial charge on any atom is -0.452 e. The van der Waals surface area contributed by atoms with Crippen molar-refractivity contribution >= 4 is 40.8 Å². The van der Waals surface area contributed by atoms with Gasteiger partial charge >= 0.3 is 5.97 Å². The Bertz CT molecular complexity index is 857. The zero-order chi connectivity index (χ0) is 19.3. The molecule has 0 unspecified atom stereocenters. The number of benzene rings is 2. The molecule has 2 rings (SSSR count). The minimum atomic E-state index is -0.987. The highest BCUT2D eigenvalue weighted by atomic mass is 35.5. The zero-order valence-electron chi connectivity index (χ0n) is 13.6. The second-order valence-electron chi connectivity index (χ2n) is 5.34. The molecule has 0 aliphatic carbocycles. The first-order valence-electron chi connectivity index (χ1n) is 7.44. The molecule has 136 valence electrons. The molecule has 1 amide bonds. The van der Waals surface area contributed by atoms with Gasteiger partial charge in [0.1, 0.15) is 5.56 Å². The summed E-state index contributed by atoms with van der Waals surface area (Å²) in [6, 6.07) is 10.1. The summed E-state index contributed by atoms with van der Waals surface area (Å²) >= 11 is 11.6. The Morgan fingerprint density at radius 3 is 2.54 bits per heavy atom. The molecule has 2 aromatic carbocycles. The second kappa shape index (κ2) is 8.64. The van der Waals surface area contributed by atoms with Crippen LogP contribution in [0.15, 0.2) is 42.5 Å². The van der Waals surface area contributed by atoms with Crippen LogP contribution in [0.25, 0.3) is 0 Å². The van der Waals surface area contributed by atoms with Crippen LogP contribution in [0.3, 0.4) is 0 Å². The number of nitro groups is 1. The molecule has 0 radical (unpaired) electrons. The molecule has 0 spiro atoms. The van der Waals surface area contributed by atoms with E-state index in [0.29, 0.717) is 5.02 Å². The van der Waals surface area contributed by atoms with Crippen molar-refractivity contribution < 1.29 is 19.2 Å². The molecule has 0 saturated carbocycles. The van der Waals surface area contributed by atoms with Gasteiger partial charge < -0.3 is 10.1 Å². The van der Waals surface area contributed by atoms with E-state index in [1.807, 2.05) is 0 Å². The first kappa shape index (κ1) is 19.7. The van der Waals surface area contributed by atoms with Crippen molar-refractivity contribution in [1.29, 1.82) is 0 Å². The Hall–Kier alpha value is -2.64. The maximum absolute atomic E-state index is 12.0. The molecule has 0 saturated heterocycles. The lowest BCUT2D eigenvalue weighted by Crippen LogP contribution is -2.31. The smallest absolute Gasteiger partial charge is 0.345 e. The first-order chi connectivity index (χ1) is 12.3. The van der Waals surface area contributed by atoms with Gasteiger partial charge in [-0.3, -0.25) is 14.9 Å². The number of halogens is 2. The van der Waals surface area contributed by atoms with E-state index in [1.165, 1.54) is 12.1 Å². The number of nitro benzene ring substituents is 1. The van der Waals surface area contributed by atoms with Crippen molar-refractivity contribution in [3.05, 3.63) is 73.8 Å². The van der Waals surface area contributed by atoms with Crippen molar-refractivity contribution in [3.8, 4) is 0 Å². The predicted molar refractivity (Wildman–Crippen MR) is 96.4 cm³/mol. The quantitative estimate of drug-likeness (QED) is 0.452. The number of hydrogen-bond donors (Lipinski definition) is 1. The van der Waals surface area contributed by atoms with Gasteiger partial charge in [0.05, 0.1) is 11.0 Å². The molecule has 2 aromatic rings. The van der Waals surface area contributed by atoms with Crippen LogP contribution in [0.5, 0.6) is 0 Å². The van der Waals surface area contributed by atoms with Gasteiger partial charge in [0, 0.05) is 16.1 Å². The zero-order valence-corrected chi connectivity index (χ0v) is 15.1. The number of amides is 1. The molecule has 7 nitrogen and oxygen atoms in total. The van der Waals surface area contributed by atoms with Gasteiger partial charge in [-0.25, -0.2) is 4.79 Å². The molecular formula is C17H14Cl2N2O5. The maximum atomic E-state index is 12.0. The number of nitrogens with one attached hydrogen (secondary N) is 1. The van der Waals surface area contributed by atoms with E-state index in [4.69, 9.17) is 27.9 Å². The highest BCUT2D eigenvalue weighted by Gasteiger charge is 2.22. The average molecular weight is 397 g/mol. The fourth-order valence-corrected chi connectivity index (χ4v) is 2.54. The van der Waals surface area contributed by atoms with Crippen molar-refractivity contribution in [2.24, 2.45) is 0 Å². The summed E-state index contributed by atoms with van der Waals surface area (Å²) in [5, 5.41) is 14.3. The van der Waals surface area contributed by atoms with E-state index >= 15 is 0 Å². The molecule has 9 heteroatoms. The van der Waals surface area contributed by atoms with Crippen molar-refractivity contribution in [3.63, 3.8) is 0 Å². The molecule has 0 heterocycles. The molecule has 0 aromatic heterocycles. The molecule has 26 heavy (non-hydrogen) atoms. The van der Waals surface area contributed by atoms with E-state index in [1.54, 1.807) is 31.2 Å². The standard InChI is InChI=1S/C17H14Cl2N2O5/c1-10(11-3-2-4-12(18)7-11)20-16(22)9-26-17(23)14-6-5-13(19)8-15(14)21(24)25/h2-8,10H,9H2,1H3,(H,20,22)/t10-/m1/s1. The van der Waals surface area contributed by atoms with Crippen LogP contribution in [0, 0.1) is 10.1 Å². The van der Waals surface area contributed by atoms with Gasteiger partial charge in [0.2, 0.25) is 0 Å². The fourth-order valence-electron chi connectivity index (χ4n) is 2.18. The molecule has 0 aliphatic rings. The molecule has 0 fully saturated rings. The number of ether oxygens (including phenoxy) is 1. The Balaban J connectivity index is 1.97. The van der Waals surface area contributed by atoms with E-state index < -0.39 is 29.1 Å². The summed E-state index contributed by atoms with van der Waals surface area (Å²) < 4.78 is 4.86. The lowest BCUT2D eigenvalue weighted by molar-refractivity contribution is -0.385. The number of carbonyl (C=O) groups excluding carboxylic acids is 2. The summed E-state index contributed by atoms with van der Waals surface area (Å²) in [6.45, 7) is 1.17. The van der Waals surface area contributed by atoms with E-state index in [0.717, 1.165) is 11.6 Å². The van der Waals surface area contributed by atoms with E-state index in [2.05, 4.69) is 5.32 Å². The number of hydrogen-bond acceptors (Lipinski definition) is 5. The number of esters is 1. The predicted octanol–water partition coefficient (Wildman–Crippen LogP) is 3.94.